The molecular weight excluding hydrogens is 308 g/mol. The quantitative estimate of drug-likeness (QED) is 0.884. The van der Waals surface area contributed by atoms with Crippen LogP contribution in [0.4, 0.5) is 0 Å². The van der Waals surface area contributed by atoms with Crippen molar-refractivity contribution in [2.24, 2.45) is 11.3 Å². The van der Waals surface area contributed by atoms with Crippen molar-refractivity contribution in [1.82, 2.24) is 10.2 Å². The van der Waals surface area contributed by atoms with Crippen LogP contribution < -0.4 is 5.32 Å². The van der Waals surface area contributed by atoms with Crippen LogP contribution in [0.25, 0.3) is 0 Å². The van der Waals surface area contributed by atoms with Gasteiger partial charge in [-0.2, -0.15) is 0 Å². The van der Waals surface area contributed by atoms with Gasteiger partial charge in [-0.15, -0.1) is 0 Å². The first-order chi connectivity index (χ1) is 12.1. The minimum absolute atomic E-state index is 0.361. The maximum atomic E-state index is 5.52. The topological polar surface area (TPSA) is 24.5 Å². The van der Waals surface area contributed by atoms with Crippen LogP contribution in [-0.2, 0) is 4.74 Å². The van der Waals surface area contributed by atoms with Crippen LogP contribution >= 0.6 is 0 Å². The van der Waals surface area contributed by atoms with E-state index in [0.29, 0.717) is 23.4 Å². The Kier molecular flexibility index (Phi) is 5.17. The first-order valence-electron chi connectivity index (χ1n) is 10.2. The molecule has 0 amide bonds. The maximum Gasteiger partial charge on any atom is 0.0507 e. The van der Waals surface area contributed by atoms with Crippen molar-refractivity contribution in [2.75, 3.05) is 32.8 Å². The number of hydrogen-bond donors (Lipinski definition) is 1. The van der Waals surface area contributed by atoms with Crippen molar-refractivity contribution >= 4 is 0 Å². The lowest BCUT2D eigenvalue weighted by Crippen LogP contribution is -2.59. The second kappa shape index (κ2) is 7.38. The molecule has 0 unspecified atom stereocenters. The Bertz CT molecular complexity index is 544. The summed E-state index contributed by atoms with van der Waals surface area (Å²) < 4.78 is 5.52. The summed E-state index contributed by atoms with van der Waals surface area (Å²) in [5.74, 6) is 1.48. The Balaban J connectivity index is 1.24. The van der Waals surface area contributed by atoms with E-state index in [1.165, 1.54) is 50.9 Å². The third-order valence-corrected chi connectivity index (χ3v) is 7.03. The van der Waals surface area contributed by atoms with Gasteiger partial charge in [0.15, 0.2) is 0 Å². The molecular formula is C22H34N2O. The summed E-state index contributed by atoms with van der Waals surface area (Å²) in [6.45, 7) is 10.6. The molecule has 1 aromatic carbocycles. The van der Waals surface area contributed by atoms with Gasteiger partial charge in [-0.1, -0.05) is 44.2 Å². The Morgan fingerprint density at radius 3 is 2.52 bits per heavy atom. The van der Waals surface area contributed by atoms with Gasteiger partial charge in [0.2, 0.25) is 0 Å². The highest BCUT2D eigenvalue weighted by atomic mass is 16.5. The summed E-state index contributed by atoms with van der Waals surface area (Å²) in [5.41, 5.74) is 1.87. The fourth-order valence-corrected chi connectivity index (χ4v) is 5.12. The maximum absolute atomic E-state index is 5.52. The number of rotatable bonds is 5. The summed E-state index contributed by atoms with van der Waals surface area (Å²) in [4.78, 5) is 2.66. The normalized spacial score (nSPS) is 33.3. The second-order valence-corrected chi connectivity index (χ2v) is 9.04. The van der Waals surface area contributed by atoms with Crippen molar-refractivity contribution in [1.29, 1.82) is 0 Å². The van der Waals surface area contributed by atoms with E-state index in [-0.39, 0.29) is 0 Å². The monoisotopic (exact) mass is 342 g/mol. The molecule has 3 aliphatic rings. The van der Waals surface area contributed by atoms with Crippen LogP contribution in [0, 0.1) is 11.3 Å². The molecule has 138 valence electrons. The summed E-state index contributed by atoms with van der Waals surface area (Å²) in [6.07, 6.45) is 5.15. The zero-order valence-electron chi connectivity index (χ0n) is 15.9. The first-order valence-corrected chi connectivity index (χ1v) is 10.2. The Labute approximate surface area is 153 Å². The van der Waals surface area contributed by atoms with Gasteiger partial charge in [0.1, 0.15) is 0 Å². The van der Waals surface area contributed by atoms with Gasteiger partial charge in [0, 0.05) is 25.2 Å². The molecule has 3 atom stereocenters. The summed E-state index contributed by atoms with van der Waals surface area (Å²) >= 11 is 0. The predicted octanol–water partition coefficient (Wildman–Crippen LogP) is 3.66. The molecule has 1 aromatic rings. The molecule has 3 fully saturated rings. The smallest absolute Gasteiger partial charge is 0.0507 e. The lowest BCUT2D eigenvalue weighted by molar-refractivity contribution is 0.0486. The Morgan fingerprint density at radius 2 is 1.88 bits per heavy atom. The highest BCUT2D eigenvalue weighted by Crippen LogP contribution is 2.52. The zero-order chi connectivity index (χ0) is 17.3. The van der Waals surface area contributed by atoms with Gasteiger partial charge in [0.05, 0.1) is 6.61 Å². The number of ether oxygens (including phenoxy) is 1. The standard InChI is InChI=1S/C22H34N2O/c1-22(2)20(18-6-4-3-5-7-18)14-21(22)23-19-8-11-24(12-9-19)15-17-10-13-25-16-17/h3-7,17,19-21,23H,8-16H2,1-2H3/t17-,20-,21-/m1/s1. The molecule has 3 nitrogen and oxygen atoms in total. The number of piperidine rings is 1. The lowest BCUT2D eigenvalue weighted by Gasteiger charge is -2.54. The number of nitrogens with zero attached hydrogens (tertiary/aromatic N) is 1. The molecule has 1 saturated carbocycles. The third-order valence-electron chi connectivity index (χ3n) is 7.03. The lowest BCUT2D eigenvalue weighted by atomic mass is 9.56. The van der Waals surface area contributed by atoms with E-state index in [0.717, 1.165) is 19.1 Å². The van der Waals surface area contributed by atoms with Crippen molar-refractivity contribution < 1.29 is 4.74 Å². The van der Waals surface area contributed by atoms with Gasteiger partial charge in [-0.05, 0) is 61.6 Å². The van der Waals surface area contributed by atoms with Gasteiger partial charge in [-0.25, -0.2) is 0 Å². The minimum atomic E-state index is 0.361. The fourth-order valence-electron chi connectivity index (χ4n) is 5.12. The second-order valence-electron chi connectivity index (χ2n) is 9.04. The molecule has 2 saturated heterocycles. The molecule has 25 heavy (non-hydrogen) atoms. The van der Waals surface area contributed by atoms with Crippen molar-refractivity contribution in [3.8, 4) is 0 Å². The molecule has 3 heteroatoms. The van der Waals surface area contributed by atoms with Crippen molar-refractivity contribution in [3.05, 3.63) is 35.9 Å². The van der Waals surface area contributed by atoms with E-state index < -0.39 is 0 Å². The molecule has 1 N–H and O–H groups in total. The minimum Gasteiger partial charge on any atom is -0.381 e. The predicted molar refractivity (Wildman–Crippen MR) is 103 cm³/mol. The number of likely N-dealkylation sites (tertiary alicyclic amines) is 1. The summed E-state index contributed by atoms with van der Waals surface area (Å²) in [6, 6.07) is 12.4. The Hall–Kier alpha value is -0.900. The molecule has 1 aliphatic carbocycles. The van der Waals surface area contributed by atoms with Gasteiger partial charge >= 0.3 is 0 Å². The molecule has 0 aromatic heterocycles. The first kappa shape index (κ1) is 17.5. The van der Waals surface area contributed by atoms with E-state index in [1.54, 1.807) is 0 Å². The Morgan fingerprint density at radius 1 is 1.12 bits per heavy atom. The highest BCUT2D eigenvalue weighted by molar-refractivity contribution is 5.27. The fraction of sp³-hybridized carbons (Fsp3) is 0.727. The number of hydrogen-bond acceptors (Lipinski definition) is 3. The number of benzene rings is 1. The van der Waals surface area contributed by atoms with Crippen LogP contribution in [0.1, 0.15) is 51.0 Å². The van der Waals surface area contributed by atoms with Crippen LogP contribution in [0.5, 0.6) is 0 Å². The zero-order valence-corrected chi connectivity index (χ0v) is 15.9. The van der Waals surface area contributed by atoms with Crippen LogP contribution in [-0.4, -0.2) is 49.8 Å². The largest absolute Gasteiger partial charge is 0.381 e. The van der Waals surface area contributed by atoms with Crippen molar-refractivity contribution in [3.63, 3.8) is 0 Å². The molecule has 0 bridgehead atoms. The van der Waals surface area contributed by atoms with E-state index in [2.05, 4.69) is 54.4 Å². The summed E-state index contributed by atoms with van der Waals surface area (Å²) in [7, 11) is 0. The average molecular weight is 343 g/mol. The SMILES string of the molecule is CC1(C)[C@@H](c2ccccc2)C[C@H]1NC1CCN(C[C@H]2CCOC2)CC1. The molecule has 0 spiro atoms. The van der Waals surface area contributed by atoms with Crippen LogP contribution in [0.3, 0.4) is 0 Å². The average Bonchev–Trinajstić information content (AvgIpc) is 3.13. The number of nitrogens with one attached hydrogen (secondary N) is 1. The van der Waals surface area contributed by atoms with E-state index in [1.807, 2.05) is 0 Å². The molecule has 2 heterocycles. The van der Waals surface area contributed by atoms with E-state index in [4.69, 9.17) is 4.74 Å². The van der Waals surface area contributed by atoms with Crippen LogP contribution in [0.15, 0.2) is 30.3 Å². The van der Waals surface area contributed by atoms with Gasteiger partial charge in [-0.3, -0.25) is 0 Å². The van der Waals surface area contributed by atoms with E-state index in [9.17, 15) is 0 Å². The molecule has 2 aliphatic heterocycles. The molecule has 4 rings (SSSR count). The van der Waals surface area contributed by atoms with Crippen LogP contribution in [0.2, 0.25) is 0 Å². The van der Waals surface area contributed by atoms with E-state index >= 15 is 0 Å². The van der Waals surface area contributed by atoms with Gasteiger partial charge in [0.25, 0.3) is 0 Å². The molecule has 0 radical (unpaired) electrons. The summed E-state index contributed by atoms with van der Waals surface area (Å²) in [5, 5.41) is 4.01. The third kappa shape index (κ3) is 3.79. The van der Waals surface area contributed by atoms with Crippen molar-refractivity contribution in [2.45, 2.75) is 57.5 Å². The highest BCUT2D eigenvalue weighted by Gasteiger charge is 2.49. The van der Waals surface area contributed by atoms with Gasteiger partial charge < -0.3 is 15.0 Å².